The summed E-state index contributed by atoms with van der Waals surface area (Å²) < 4.78 is 0. The van der Waals surface area contributed by atoms with E-state index in [0.29, 0.717) is 0 Å². The Kier molecular flexibility index (Phi) is 2.74. The summed E-state index contributed by atoms with van der Waals surface area (Å²) in [5, 5.41) is 3.25. The van der Waals surface area contributed by atoms with E-state index >= 15 is 0 Å². The molecule has 1 saturated carbocycles. The SMILES string of the molecule is O=C(NC1(c2ccccc2)CC1)N1CCc2ccccc21. The molecule has 3 nitrogen and oxygen atoms in total. The zero-order chi connectivity index (χ0) is 14.3. The van der Waals surface area contributed by atoms with Gasteiger partial charge in [-0.15, -0.1) is 0 Å². The lowest BCUT2D eigenvalue weighted by Gasteiger charge is -2.24. The van der Waals surface area contributed by atoms with E-state index in [1.807, 2.05) is 41.3 Å². The van der Waals surface area contributed by atoms with Crippen molar-refractivity contribution in [3.63, 3.8) is 0 Å². The predicted molar refractivity (Wildman–Crippen MR) is 83.4 cm³/mol. The van der Waals surface area contributed by atoms with E-state index in [-0.39, 0.29) is 11.6 Å². The van der Waals surface area contributed by atoms with Gasteiger partial charge >= 0.3 is 6.03 Å². The number of benzene rings is 2. The molecule has 0 saturated heterocycles. The van der Waals surface area contributed by atoms with Crippen molar-refractivity contribution in [3.8, 4) is 0 Å². The molecular weight excluding hydrogens is 260 g/mol. The molecule has 1 N–H and O–H groups in total. The Morgan fingerprint density at radius 3 is 2.48 bits per heavy atom. The Balaban J connectivity index is 1.55. The number of nitrogens with zero attached hydrogens (tertiary/aromatic N) is 1. The summed E-state index contributed by atoms with van der Waals surface area (Å²) in [7, 11) is 0. The second-order valence-electron chi connectivity index (χ2n) is 5.91. The van der Waals surface area contributed by atoms with Gasteiger partial charge in [-0.2, -0.15) is 0 Å². The summed E-state index contributed by atoms with van der Waals surface area (Å²) in [5.41, 5.74) is 3.39. The van der Waals surface area contributed by atoms with Gasteiger partial charge in [-0.05, 0) is 36.5 Å². The molecule has 21 heavy (non-hydrogen) atoms. The Labute approximate surface area is 124 Å². The number of carbonyl (C=O) groups is 1. The number of urea groups is 1. The molecule has 2 aromatic rings. The van der Waals surface area contributed by atoms with Crippen LogP contribution in [-0.4, -0.2) is 12.6 Å². The van der Waals surface area contributed by atoms with Crippen LogP contribution in [0.2, 0.25) is 0 Å². The normalized spacial score (nSPS) is 18.2. The van der Waals surface area contributed by atoms with Gasteiger partial charge in [0.1, 0.15) is 0 Å². The summed E-state index contributed by atoms with van der Waals surface area (Å²) in [5.74, 6) is 0. The maximum Gasteiger partial charge on any atom is 0.322 e. The van der Waals surface area contributed by atoms with E-state index in [4.69, 9.17) is 0 Å². The molecule has 2 aromatic carbocycles. The number of nitrogens with one attached hydrogen (secondary N) is 1. The lowest BCUT2D eigenvalue weighted by atomic mass is 10.1. The Morgan fingerprint density at radius 2 is 1.71 bits per heavy atom. The highest BCUT2D eigenvalue weighted by Crippen LogP contribution is 2.45. The second kappa shape index (κ2) is 4.62. The smallest absolute Gasteiger partial charge is 0.322 e. The largest absolute Gasteiger partial charge is 0.328 e. The topological polar surface area (TPSA) is 32.3 Å². The quantitative estimate of drug-likeness (QED) is 0.896. The van der Waals surface area contributed by atoms with Crippen LogP contribution in [-0.2, 0) is 12.0 Å². The maximum atomic E-state index is 12.7. The van der Waals surface area contributed by atoms with Gasteiger partial charge in [-0.25, -0.2) is 4.79 Å². The third-order valence-corrected chi connectivity index (χ3v) is 4.55. The summed E-state index contributed by atoms with van der Waals surface area (Å²) in [6.07, 6.45) is 3.00. The zero-order valence-electron chi connectivity index (χ0n) is 11.9. The van der Waals surface area contributed by atoms with Crippen molar-refractivity contribution in [2.75, 3.05) is 11.4 Å². The number of carbonyl (C=O) groups excluding carboxylic acids is 1. The average molecular weight is 278 g/mol. The summed E-state index contributed by atoms with van der Waals surface area (Å²) in [6.45, 7) is 0.774. The highest BCUT2D eigenvalue weighted by molar-refractivity contribution is 5.94. The molecule has 1 heterocycles. The van der Waals surface area contributed by atoms with Crippen LogP contribution in [0.1, 0.15) is 24.0 Å². The van der Waals surface area contributed by atoms with Crippen molar-refractivity contribution < 1.29 is 4.79 Å². The van der Waals surface area contributed by atoms with Crippen molar-refractivity contribution in [3.05, 3.63) is 65.7 Å². The molecule has 0 aromatic heterocycles. The summed E-state index contributed by atoms with van der Waals surface area (Å²) in [6, 6.07) is 18.5. The second-order valence-corrected chi connectivity index (χ2v) is 5.91. The Morgan fingerprint density at radius 1 is 1.00 bits per heavy atom. The van der Waals surface area contributed by atoms with Crippen molar-refractivity contribution in [1.29, 1.82) is 0 Å². The molecule has 4 rings (SSSR count). The van der Waals surface area contributed by atoms with E-state index in [1.165, 1.54) is 11.1 Å². The van der Waals surface area contributed by atoms with E-state index in [9.17, 15) is 4.79 Å². The lowest BCUT2D eigenvalue weighted by molar-refractivity contribution is 0.242. The highest BCUT2D eigenvalue weighted by atomic mass is 16.2. The minimum absolute atomic E-state index is 0.0290. The van der Waals surface area contributed by atoms with Crippen LogP contribution in [0.4, 0.5) is 10.5 Å². The van der Waals surface area contributed by atoms with Crippen LogP contribution >= 0.6 is 0 Å². The monoisotopic (exact) mass is 278 g/mol. The van der Waals surface area contributed by atoms with Crippen LogP contribution in [0.15, 0.2) is 54.6 Å². The first-order valence-electron chi connectivity index (χ1n) is 7.52. The van der Waals surface area contributed by atoms with E-state index in [1.54, 1.807) is 0 Å². The van der Waals surface area contributed by atoms with Gasteiger partial charge in [0.05, 0.1) is 5.54 Å². The van der Waals surface area contributed by atoms with Crippen LogP contribution in [0.25, 0.3) is 0 Å². The molecule has 1 aliphatic heterocycles. The van der Waals surface area contributed by atoms with Gasteiger partial charge in [-0.1, -0.05) is 48.5 Å². The van der Waals surface area contributed by atoms with Crippen LogP contribution < -0.4 is 10.2 Å². The van der Waals surface area contributed by atoms with Gasteiger partial charge in [0, 0.05) is 12.2 Å². The number of hydrogen-bond acceptors (Lipinski definition) is 1. The predicted octanol–water partition coefficient (Wildman–Crippen LogP) is 3.45. The van der Waals surface area contributed by atoms with Crippen LogP contribution in [0, 0.1) is 0 Å². The summed E-state index contributed by atoms with van der Waals surface area (Å²) in [4.78, 5) is 14.5. The van der Waals surface area contributed by atoms with Crippen molar-refractivity contribution in [2.24, 2.45) is 0 Å². The van der Waals surface area contributed by atoms with Gasteiger partial charge in [0.15, 0.2) is 0 Å². The van der Waals surface area contributed by atoms with Gasteiger partial charge < -0.3 is 5.32 Å². The van der Waals surface area contributed by atoms with E-state index in [0.717, 1.165) is 31.5 Å². The Hall–Kier alpha value is -2.29. The molecule has 106 valence electrons. The number of anilines is 1. The highest BCUT2D eigenvalue weighted by Gasteiger charge is 2.46. The molecule has 1 aliphatic carbocycles. The number of rotatable bonds is 2. The lowest BCUT2D eigenvalue weighted by Crippen LogP contribution is -2.44. The number of hydrogen-bond donors (Lipinski definition) is 1. The number of fused-ring (bicyclic) bond motifs is 1. The first kappa shape index (κ1) is 12.5. The molecule has 1 fully saturated rings. The Bertz CT molecular complexity index is 677. The van der Waals surface area contributed by atoms with Gasteiger partial charge in [0.25, 0.3) is 0 Å². The van der Waals surface area contributed by atoms with E-state index < -0.39 is 0 Å². The first-order valence-corrected chi connectivity index (χ1v) is 7.52. The fraction of sp³-hybridized carbons (Fsp3) is 0.278. The molecule has 2 amide bonds. The fourth-order valence-corrected chi connectivity index (χ4v) is 3.19. The fourth-order valence-electron chi connectivity index (χ4n) is 3.19. The average Bonchev–Trinajstić information content (AvgIpc) is 3.18. The standard InChI is InChI=1S/C18H18N2O/c21-17(20-13-10-14-6-4-5-9-16(14)20)19-18(11-12-18)15-7-2-1-3-8-15/h1-9H,10-13H2,(H,19,21). The van der Waals surface area contributed by atoms with Crippen molar-refractivity contribution in [2.45, 2.75) is 24.8 Å². The molecule has 2 aliphatic rings. The zero-order valence-corrected chi connectivity index (χ0v) is 11.9. The third kappa shape index (κ3) is 2.09. The number of amides is 2. The van der Waals surface area contributed by atoms with Gasteiger partial charge in [-0.3, -0.25) is 4.90 Å². The molecule has 3 heteroatoms. The molecule has 0 unspecified atom stereocenters. The van der Waals surface area contributed by atoms with Crippen molar-refractivity contribution >= 4 is 11.7 Å². The molecule has 0 bridgehead atoms. The molecule has 0 spiro atoms. The minimum Gasteiger partial charge on any atom is -0.328 e. The van der Waals surface area contributed by atoms with E-state index in [2.05, 4.69) is 23.5 Å². The molecule has 0 radical (unpaired) electrons. The third-order valence-electron chi connectivity index (χ3n) is 4.55. The first-order chi connectivity index (χ1) is 10.3. The number of para-hydroxylation sites is 1. The minimum atomic E-state index is -0.143. The molecule has 0 atom stereocenters. The van der Waals surface area contributed by atoms with Gasteiger partial charge in [0.2, 0.25) is 0 Å². The molecular formula is C18H18N2O. The van der Waals surface area contributed by atoms with Crippen LogP contribution in [0.3, 0.4) is 0 Å². The van der Waals surface area contributed by atoms with Crippen molar-refractivity contribution in [1.82, 2.24) is 5.32 Å². The van der Waals surface area contributed by atoms with Crippen LogP contribution in [0.5, 0.6) is 0 Å². The summed E-state index contributed by atoms with van der Waals surface area (Å²) >= 11 is 0. The maximum absolute atomic E-state index is 12.7.